The van der Waals surface area contributed by atoms with Crippen LogP contribution in [0.3, 0.4) is 0 Å². The van der Waals surface area contributed by atoms with E-state index < -0.39 is 23.5 Å². The molecule has 0 atom stereocenters. The maximum atomic E-state index is 13.1. The Kier molecular flexibility index (Phi) is 3.21. The lowest BCUT2D eigenvalue weighted by atomic mass is 10.1. The van der Waals surface area contributed by atoms with Crippen molar-refractivity contribution in [3.05, 3.63) is 29.1 Å². The van der Waals surface area contributed by atoms with Gasteiger partial charge < -0.3 is 5.32 Å². The van der Waals surface area contributed by atoms with E-state index in [0.29, 0.717) is 12.1 Å². The van der Waals surface area contributed by atoms with E-state index in [1.807, 2.05) is 0 Å². The number of hydrogen-bond donors (Lipinski definition) is 1. The lowest BCUT2D eigenvalue weighted by molar-refractivity contribution is -0.140. The lowest BCUT2D eigenvalue weighted by Crippen LogP contribution is -2.12. The number of alkyl halides is 3. The second-order valence-corrected chi connectivity index (χ2v) is 3.33. The Morgan fingerprint density at radius 2 is 1.88 bits per heavy atom. The Labute approximate surface area is 89.3 Å². The molecule has 1 rings (SSSR count). The molecule has 88 valence electrons. The molecule has 0 saturated carbocycles. The van der Waals surface area contributed by atoms with Crippen molar-refractivity contribution in [3.63, 3.8) is 0 Å². The van der Waals surface area contributed by atoms with E-state index in [4.69, 9.17) is 0 Å². The molecule has 6 heteroatoms. The van der Waals surface area contributed by atoms with Gasteiger partial charge in [-0.25, -0.2) is 4.39 Å². The standard InChI is InChI=1S/C10H9F4NO/c1-5-3-7(10(12,13)14)8(11)4-9(5)15-6(2)16/h3-4H,1-2H3,(H,15,16). The Balaban J connectivity index is 3.22. The van der Waals surface area contributed by atoms with Gasteiger partial charge in [0.15, 0.2) is 0 Å². The van der Waals surface area contributed by atoms with Crippen LogP contribution >= 0.6 is 0 Å². The maximum Gasteiger partial charge on any atom is 0.419 e. The molecule has 0 unspecified atom stereocenters. The minimum atomic E-state index is -4.73. The van der Waals surface area contributed by atoms with Crippen LogP contribution in [0.4, 0.5) is 23.2 Å². The topological polar surface area (TPSA) is 29.1 Å². The summed E-state index contributed by atoms with van der Waals surface area (Å²) in [4.78, 5) is 10.7. The van der Waals surface area contributed by atoms with Crippen LogP contribution in [0.5, 0.6) is 0 Å². The number of rotatable bonds is 1. The Hall–Kier alpha value is -1.59. The zero-order chi connectivity index (χ0) is 12.5. The molecule has 16 heavy (non-hydrogen) atoms. The molecular weight excluding hydrogens is 226 g/mol. The summed E-state index contributed by atoms with van der Waals surface area (Å²) in [5.41, 5.74) is -1.14. The predicted molar refractivity (Wildman–Crippen MR) is 50.4 cm³/mol. The summed E-state index contributed by atoms with van der Waals surface area (Å²) in [6.07, 6.45) is -4.73. The Morgan fingerprint density at radius 3 is 2.31 bits per heavy atom. The van der Waals surface area contributed by atoms with Crippen molar-refractivity contribution in [1.82, 2.24) is 0 Å². The average Bonchev–Trinajstić information content (AvgIpc) is 2.07. The van der Waals surface area contributed by atoms with Crippen LogP contribution in [0, 0.1) is 12.7 Å². The molecule has 0 saturated heterocycles. The van der Waals surface area contributed by atoms with E-state index in [2.05, 4.69) is 5.32 Å². The molecule has 0 aliphatic carbocycles. The molecule has 1 N–H and O–H groups in total. The van der Waals surface area contributed by atoms with Crippen molar-refractivity contribution in [2.24, 2.45) is 0 Å². The van der Waals surface area contributed by atoms with Crippen molar-refractivity contribution in [3.8, 4) is 0 Å². The van der Waals surface area contributed by atoms with Crippen LogP contribution in [-0.2, 0) is 11.0 Å². The first-order chi connectivity index (χ1) is 7.21. The average molecular weight is 235 g/mol. The first-order valence-corrected chi connectivity index (χ1v) is 4.36. The van der Waals surface area contributed by atoms with Gasteiger partial charge in [0.2, 0.25) is 5.91 Å². The van der Waals surface area contributed by atoms with Gasteiger partial charge in [0.05, 0.1) is 5.56 Å². The highest BCUT2D eigenvalue weighted by Gasteiger charge is 2.34. The van der Waals surface area contributed by atoms with Gasteiger partial charge in [-0.1, -0.05) is 0 Å². The van der Waals surface area contributed by atoms with Gasteiger partial charge in [0.25, 0.3) is 0 Å². The number of hydrogen-bond acceptors (Lipinski definition) is 1. The molecule has 0 aliphatic rings. The molecule has 0 radical (unpaired) electrons. The van der Waals surface area contributed by atoms with Crippen LogP contribution in [0.2, 0.25) is 0 Å². The number of amides is 1. The summed E-state index contributed by atoms with van der Waals surface area (Å²) in [5, 5.41) is 2.25. The van der Waals surface area contributed by atoms with Gasteiger partial charge >= 0.3 is 6.18 Å². The van der Waals surface area contributed by atoms with E-state index in [-0.39, 0.29) is 11.3 Å². The van der Waals surface area contributed by atoms with Gasteiger partial charge in [-0.05, 0) is 24.6 Å². The Bertz CT molecular complexity index is 426. The second kappa shape index (κ2) is 4.11. The number of benzene rings is 1. The molecule has 1 amide bonds. The lowest BCUT2D eigenvalue weighted by Gasteiger charge is -2.12. The highest BCUT2D eigenvalue weighted by molar-refractivity contribution is 5.89. The quantitative estimate of drug-likeness (QED) is 0.744. The summed E-state index contributed by atoms with van der Waals surface area (Å²) >= 11 is 0. The molecular formula is C10H9F4NO. The van der Waals surface area contributed by atoms with Gasteiger partial charge in [0.1, 0.15) is 5.82 Å². The zero-order valence-corrected chi connectivity index (χ0v) is 8.57. The van der Waals surface area contributed by atoms with E-state index in [9.17, 15) is 22.4 Å². The number of anilines is 1. The smallest absolute Gasteiger partial charge is 0.326 e. The van der Waals surface area contributed by atoms with Gasteiger partial charge in [-0.3, -0.25) is 4.79 Å². The summed E-state index contributed by atoms with van der Waals surface area (Å²) in [7, 11) is 0. The molecule has 0 bridgehead atoms. The fraction of sp³-hybridized carbons (Fsp3) is 0.300. The normalized spacial score (nSPS) is 11.4. The monoisotopic (exact) mass is 235 g/mol. The SMILES string of the molecule is CC(=O)Nc1cc(F)c(C(F)(F)F)cc1C. The van der Waals surface area contributed by atoms with Gasteiger partial charge in [-0.2, -0.15) is 13.2 Å². The number of halogens is 4. The minimum absolute atomic E-state index is 0.0398. The molecule has 0 fully saturated rings. The largest absolute Gasteiger partial charge is 0.419 e. The fourth-order valence-corrected chi connectivity index (χ4v) is 1.22. The van der Waals surface area contributed by atoms with E-state index in [1.165, 1.54) is 13.8 Å². The molecule has 0 aliphatic heterocycles. The third kappa shape index (κ3) is 2.71. The second-order valence-electron chi connectivity index (χ2n) is 3.33. The molecule has 2 nitrogen and oxygen atoms in total. The first kappa shape index (κ1) is 12.5. The number of carbonyl (C=O) groups is 1. The van der Waals surface area contributed by atoms with Crippen LogP contribution in [0.15, 0.2) is 12.1 Å². The van der Waals surface area contributed by atoms with E-state index in [0.717, 1.165) is 0 Å². The third-order valence-electron chi connectivity index (χ3n) is 1.93. The summed E-state index contributed by atoms with van der Waals surface area (Å²) in [6.45, 7) is 2.55. The molecule has 1 aromatic rings. The minimum Gasteiger partial charge on any atom is -0.326 e. The molecule has 0 aromatic heterocycles. The maximum absolute atomic E-state index is 13.1. The third-order valence-corrected chi connectivity index (χ3v) is 1.93. The van der Waals surface area contributed by atoms with Crippen molar-refractivity contribution < 1.29 is 22.4 Å². The van der Waals surface area contributed by atoms with Crippen molar-refractivity contribution >= 4 is 11.6 Å². The summed E-state index contributed by atoms with van der Waals surface area (Å²) < 4.78 is 50.0. The number of aryl methyl sites for hydroxylation is 1. The van der Waals surface area contributed by atoms with Crippen LogP contribution < -0.4 is 5.32 Å². The first-order valence-electron chi connectivity index (χ1n) is 4.36. The van der Waals surface area contributed by atoms with Gasteiger partial charge in [0, 0.05) is 12.6 Å². The molecule has 0 spiro atoms. The predicted octanol–water partition coefficient (Wildman–Crippen LogP) is 3.11. The fourth-order valence-electron chi connectivity index (χ4n) is 1.22. The Morgan fingerprint density at radius 1 is 1.31 bits per heavy atom. The van der Waals surface area contributed by atoms with Crippen molar-refractivity contribution in [1.29, 1.82) is 0 Å². The molecule has 0 heterocycles. The number of nitrogens with one attached hydrogen (secondary N) is 1. The van der Waals surface area contributed by atoms with E-state index in [1.54, 1.807) is 0 Å². The van der Waals surface area contributed by atoms with Crippen LogP contribution in [-0.4, -0.2) is 5.91 Å². The summed E-state index contributed by atoms with van der Waals surface area (Å²) in [5.74, 6) is -1.87. The number of carbonyl (C=O) groups excluding carboxylic acids is 1. The van der Waals surface area contributed by atoms with E-state index >= 15 is 0 Å². The van der Waals surface area contributed by atoms with Gasteiger partial charge in [-0.15, -0.1) is 0 Å². The van der Waals surface area contributed by atoms with Crippen LogP contribution in [0.25, 0.3) is 0 Å². The zero-order valence-electron chi connectivity index (χ0n) is 8.57. The van der Waals surface area contributed by atoms with Crippen LogP contribution in [0.1, 0.15) is 18.1 Å². The molecule has 1 aromatic carbocycles. The van der Waals surface area contributed by atoms with Crippen molar-refractivity contribution in [2.45, 2.75) is 20.0 Å². The highest BCUT2D eigenvalue weighted by atomic mass is 19.4. The van der Waals surface area contributed by atoms with Crippen molar-refractivity contribution in [2.75, 3.05) is 5.32 Å². The highest BCUT2D eigenvalue weighted by Crippen LogP contribution is 2.34. The summed E-state index contributed by atoms with van der Waals surface area (Å²) in [6, 6.07) is 1.33.